The van der Waals surface area contributed by atoms with Crippen molar-refractivity contribution < 1.29 is 24.0 Å². The molecule has 0 fully saturated rings. The molecule has 0 radical (unpaired) electrons. The number of esters is 1. The molecule has 1 aromatic carbocycles. The van der Waals surface area contributed by atoms with Gasteiger partial charge in [-0.3, -0.25) is 34.5 Å². The first kappa shape index (κ1) is 18.8. The number of imide groups is 1. The molecule has 0 bridgehead atoms. The molecule has 0 unspecified atom stereocenters. The number of benzene rings is 1. The van der Waals surface area contributed by atoms with E-state index in [1.54, 1.807) is 18.2 Å². The summed E-state index contributed by atoms with van der Waals surface area (Å²) in [6.07, 6.45) is 0. The lowest BCUT2D eigenvalue weighted by Gasteiger charge is -2.06. The maximum atomic E-state index is 11.8. The highest BCUT2D eigenvalue weighted by molar-refractivity contribution is 6.05. The lowest BCUT2D eigenvalue weighted by atomic mass is 10.2. The quantitative estimate of drug-likeness (QED) is 0.460. The predicted octanol–water partition coefficient (Wildman–Crippen LogP) is 0.908. The van der Waals surface area contributed by atoms with Crippen molar-refractivity contribution in [1.29, 1.82) is 0 Å². The fourth-order valence-corrected chi connectivity index (χ4v) is 2.24. The molecule has 1 heterocycles. The Labute approximate surface area is 147 Å². The first-order chi connectivity index (χ1) is 12.3. The second-order valence-corrected chi connectivity index (χ2v) is 5.34. The molecule has 10 heteroatoms. The van der Waals surface area contributed by atoms with Crippen molar-refractivity contribution in [3.05, 3.63) is 57.4 Å². The lowest BCUT2D eigenvalue weighted by Crippen LogP contribution is -2.34. The van der Waals surface area contributed by atoms with Gasteiger partial charge in [-0.15, -0.1) is 0 Å². The minimum Gasteiger partial charge on any atom is -0.454 e. The van der Waals surface area contributed by atoms with Gasteiger partial charge in [-0.2, -0.15) is 5.10 Å². The topological polar surface area (TPSA) is 133 Å². The largest absolute Gasteiger partial charge is 0.454 e. The minimum absolute atomic E-state index is 0.173. The van der Waals surface area contributed by atoms with Crippen LogP contribution in [0, 0.1) is 24.0 Å². The van der Waals surface area contributed by atoms with Gasteiger partial charge in [-0.1, -0.05) is 18.2 Å². The normalized spacial score (nSPS) is 10.2. The molecule has 2 amide bonds. The molecule has 10 nitrogen and oxygen atoms in total. The monoisotopic (exact) mass is 360 g/mol. The average Bonchev–Trinajstić information content (AvgIpc) is 2.87. The van der Waals surface area contributed by atoms with E-state index in [2.05, 4.69) is 10.4 Å². The fraction of sp³-hybridized carbons (Fsp3) is 0.250. The van der Waals surface area contributed by atoms with Crippen LogP contribution in [0.3, 0.4) is 0 Å². The van der Waals surface area contributed by atoms with Gasteiger partial charge in [-0.25, -0.2) is 0 Å². The highest BCUT2D eigenvalue weighted by atomic mass is 16.6. The molecule has 136 valence electrons. The predicted molar refractivity (Wildman–Crippen MR) is 88.2 cm³/mol. The van der Waals surface area contributed by atoms with Crippen LogP contribution in [0.15, 0.2) is 30.3 Å². The Kier molecular flexibility index (Phi) is 5.78. The summed E-state index contributed by atoms with van der Waals surface area (Å²) in [5, 5.41) is 16.9. The van der Waals surface area contributed by atoms with Crippen molar-refractivity contribution in [2.45, 2.75) is 20.4 Å². The van der Waals surface area contributed by atoms with E-state index in [1.807, 2.05) is 0 Å². The summed E-state index contributed by atoms with van der Waals surface area (Å²) in [5.41, 5.74) is 0.491. The van der Waals surface area contributed by atoms with Crippen LogP contribution in [-0.2, 0) is 20.9 Å². The number of rotatable bonds is 6. The van der Waals surface area contributed by atoms with Crippen molar-refractivity contribution in [2.75, 3.05) is 6.61 Å². The van der Waals surface area contributed by atoms with E-state index in [9.17, 15) is 24.5 Å². The summed E-state index contributed by atoms with van der Waals surface area (Å²) in [6.45, 7) is 1.87. The van der Waals surface area contributed by atoms with Gasteiger partial charge < -0.3 is 4.74 Å². The number of ether oxygens (including phenoxy) is 1. The van der Waals surface area contributed by atoms with Gasteiger partial charge in [0.1, 0.15) is 17.9 Å². The first-order valence-corrected chi connectivity index (χ1v) is 7.53. The zero-order chi connectivity index (χ0) is 19.3. The van der Waals surface area contributed by atoms with Crippen LogP contribution in [0.1, 0.15) is 21.7 Å². The Balaban J connectivity index is 1.87. The Morgan fingerprint density at radius 3 is 2.46 bits per heavy atom. The molecule has 26 heavy (non-hydrogen) atoms. The maximum absolute atomic E-state index is 11.8. The molecular formula is C16H16N4O6. The van der Waals surface area contributed by atoms with Crippen molar-refractivity contribution in [3.63, 3.8) is 0 Å². The van der Waals surface area contributed by atoms with E-state index in [4.69, 9.17) is 4.74 Å². The number of amides is 2. The van der Waals surface area contributed by atoms with Crippen LogP contribution in [0.2, 0.25) is 0 Å². The molecule has 1 aromatic heterocycles. The standard InChI is InChI=1S/C16H16N4O6/c1-10-15(20(24)25)11(2)19(18-10)8-14(22)26-9-13(21)17-16(23)12-6-4-3-5-7-12/h3-7H,8-9H2,1-2H3,(H,17,21,23). The SMILES string of the molecule is Cc1nn(CC(=O)OCC(=O)NC(=O)c2ccccc2)c(C)c1[N+](=O)[O-]. The third-order valence-electron chi connectivity index (χ3n) is 3.46. The van der Waals surface area contributed by atoms with E-state index >= 15 is 0 Å². The zero-order valence-corrected chi connectivity index (χ0v) is 14.1. The van der Waals surface area contributed by atoms with E-state index in [0.717, 1.165) is 4.68 Å². The number of carbonyl (C=O) groups is 3. The van der Waals surface area contributed by atoms with E-state index in [-0.39, 0.29) is 23.6 Å². The minimum atomic E-state index is -0.812. The van der Waals surface area contributed by atoms with Crippen molar-refractivity contribution in [3.8, 4) is 0 Å². The van der Waals surface area contributed by atoms with Crippen LogP contribution < -0.4 is 5.32 Å². The number of hydrogen-bond donors (Lipinski definition) is 1. The molecule has 0 aliphatic carbocycles. The molecule has 0 saturated carbocycles. The van der Waals surface area contributed by atoms with Gasteiger partial charge in [-0.05, 0) is 26.0 Å². The number of nitrogens with zero attached hydrogens (tertiary/aromatic N) is 3. The molecule has 0 spiro atoms. The van der Waals surface area contributed by atoms with Gasteiger partial charge in [0, 0.05) is 5.56 Å². The number of nitro groups is 1. The second kappa shape index (κ2) is 8.01. The van der Waals surface area contributed by atoms with Crippen LogP contribution in [0.25, 0.3) is 0 Å². The van der Waals surface area contributed by atoms with Crippen LogP contribution in [0.5, 0.6) is 0 Å². The summed E-state index contributed by atoms with van der Waals surface area (Å²) in [7, 11) is 0. The first-order valence-electron chi connectivity index (χ1n) is 7.53. The van der Waals surface area contributed by atoms with Crippen molar-refractivity contribution in [2.24, 2.45) is 0 Å². The van der Waals surface area contributed by atoms with Gasteiger partial charge in [0.15, 0.2) is 6.61 Å². The van der Waals surface area contributed by atoms with E-state index in [0.29, 0.717) is 5.56 Å². The Bertz CT molecular complexity index is 859. The number of aryl methyl sites for hydroxylation is 1. The Morgan fingerprint density at radius 2 is 1.88 bits per heavy atom. The van der Waals surface area contributed by atoms with Crippen LogP contribution >= 0.6 is 0 Å². The van der Waals surface area contributed by atoms with Crippen LogP contribution in [0.4, 0.5) is 5.69 Å². The number of aromatic nitrogens is 2. The molecule has 2 aromatic rings. The Hall–Kier alpha value is -3.56. The number of carbonyl (C=O) groups excluding carboxylic acids is 3. The molecule has 1 N–H and O–H groups in total. The van der Waals surface area contributed by atoms with Gasteiger partial charge >= 0.3 is 11.7 Å². The smallest absolute Gasteiger partial charge is 0.328 e. The summed E-state index contributed by atoms with van der Waals surface area (Å²) in [4.78, 5) is 45.6. The maximum Gasteiger partial charge on any atom is 0.328 e. The van der Waals surface area contributed by atoms with Gasteiger partial charge in [0.2, 0.25) is 0 Å². The molecule has 0 aliphatic rings. The third kappa shape index (κ3) is 4.50. The molecule has 0 aliphatic heterocycles. The summed E-state index contributed by atoms with van der Waals surface area (Å²) >= 11 is 0. The van der Waals surface area contributed by atoms with Crippen molar-refractivity contribution in [1.82, 2.24) is 15.1 Å². The van der Waals surface area contributed by atoms with Crippen molar-refractivity contribution >= 4 is 23.5 Å². The fourth-order valence-electron chi connectivity index (χ4n) is 2.24. The van der Waals surface area contributed by atoms with Gasteiger partial charge in [0.05, 0.1) is 4.92 Å². The highest BCUT2D eigenvalue weighted by Gasteiger charge is 2.23. The van der Waals surface area contributed by atoms with Crippen LogP contribution in [-0.4, -0.2) is 39.1 Å². The molecule has 0 atom stereocenters. The summed E-state index contributed by atoms with van der Waals surface area (Å²) in [6, 6.07) is 8.08. The second-order valence-electron chi connectivity index (χ2n) is 5.34. The number of nitrogens with one attached hydrogen (secondary N) is 1. The molecule has 2 rings (SSSR count). The van der Waals surface area contributed by atoms with E-state index in [1.165, 1.54) is 26.0 Å². The molecule has 0 saturated heterocycles. The van der Waals surface area contributed by atoms with Gasteiger partial charge in [0.25, 0.3) is 11.8 Å². The lowest BCUT2D eigenvalue weighted by molar-refractivity contribution is -0.386. The summed E-state index contributed by atoms with van der Waals surface area (Å²) in [5.74, 6) is -2.21. The average molecular weight is 360 g/mol. The Morgan fingerprint density at radius 1 is 1.23 bits per heavy atom. The molecular weight excluding hydrogens is 344 g/mol. The summed E-state index contributed by atoms with van der Waals surface area (Å²) < 4.78 is 5.90. The highest BCUT2D eigenvalue weighted by Crippen LogP contribution is 2.21. The van der Waals surface area contributed by atoms with E-state index < -0.39 is 29.3 Å². The zero-order valence-electron chi connectivity index (χ0n) is 14.1. The third-order valence-corrected chi connectivity index (χ3v) is 3.46. The number of hydrogen-bond acceptors (Lipinski definition) is 7.